The maximum Gasteiger partial charge on any atom is 0.320 e. The normalized spacial score (nSPS) is 30.6. The molecule has 20 heavy (non-hydrogen) atoms. The van der Waals surface area contributed by atoms with Crippen LogP contribution in [0, 0.1) is 5.92 Å². The van der Waals surface area contributed by atoms with E-state index in [4.69, 9.17) is 5.11 Å². The summed E-state index contributed by atoms with van der Waals surface area (Å²) in [6.45, 7) is 1.55. The first-order valence-electron chi connectivity index (χ1n) is 7.09. The van der Waals surface area contributed by atoms with Crippen LogP contribution in [0.25, 0.3) is 0 Å². The average molecular weight is 286 g/mol. The Bertz CT molecular complexity index is 366. The molecule has 2 rings (SSSR count). The van der Waals surface area contributed by atoms with E-state index in [-0.39, 0.29) is 31.5 Å². The molecule has 3 N–H and O–H groups in total. The van der Waals surface area contributed by atoms with Crippen molar-refractivity contribution in [1.82, 2.24) is 9.80 Å². The standard InChI is InChI=1S/C13H22N2O5/c16-10-7-15(8-11(10)17)13(20)14-5-1-2-9(6-14)3-4-12(18)19/h9-11,16-17H,1-8H2,(H,18,19). The summed E-state index contributed by atoms with van der Waals surface area (Å²) in [6, 6.07) is -0.166. The Morgan fingerprint density at radius 1 is 1.05 bits per heavy atom. The quantitative estimate of drug-likeness (QED) is 0.662. The van der Waals surface area contributed by atoms with Gasteiger partial charge >= 0.3 is 12.0 Å². The van der Waals surface area contributed by atoms with Crippen molar-refractivity contribution in [2.24, 2.45) is 5.92 Å². The summed E-state index contributed by atoms with van der Waals surface area (Å²) >= 11 is 0. The maximum absolute atomic E-state index is 12.3. The van der Waals surface area contributed by atoms with Crippen LogP contribution in [0.2, 0.25) is 0 Å². The van der Waals surface area contributed by atoms with Gasteiger partial charge in [-0.25, -0.2) is 4.79 Å². The molecule has 7 nitrogen and oxygen atoms in total. The first kappa shape index (κ1) is 15.1. The highest BCUT2D eigenvalue weighted by Gasteiger charge is 2.35. The highest BCUT2D eigenvalue weighted by Crippen LogP contribution is 2.23. The minimum atomic E-state index is -0.869. The van der Waals surface area contributed by atoms with Crippen LogP contribution in [0.3, 0.4) is 0 Å². The van der Waals surface area contributed by atoms with Gasteiger partial charge in [-0.05, 0) is 25.2 Å². The Labute approximate surface area is 117 Å². The molecule has 0 aromatic rings. The van der Waals surface area contributed by atoms with E-state index in [0.29, 0.717) is 19.5 Å². The van der Waals surface area contributed by atoms with E-state index in [1.54, 1.807) is 4.90 Å². The molecule has 2 aliphatic rings. The lowest BCUT2D eigenvalue weighted by atomic mass is 9.93. The van der Waals surface area contributed by atoms with Crippen molar-refractivity contribution in [3.05, 3.63) is 0 Å². The predicted octanol–water partition coefficient (Wildman–Crippen LogP) is -0.279. The number of aliphatic hydroxyl groups is 2. The van der Waals surface area contributed by atoms with E-state index >= 15 is 0 Å². The van der Waals surface area contributed by atoms with Crippen LogP contribution in [0.15, 0.2) is 0 Å². The minimum Gasteiger partial charge on any atom is -0.481 e. The monoisotopic (exact) mass is 286 g/mol. The number of hydrogen-bond acceptors (Lipinski definition) is 4. The summed E-state index contributed by atoms with van der Waals surface area (Å²) in [5.74, 6) is -0.583. The molecule has 3 atom stereocenters. The van der Waals surface area contributed by atoms with Crippen LogP contribution in [0.4, 0.5) is 4.79 Å². The van der Waals surface area contributed by atoms with Crippen molar-refractivity contribution in [2.75, 3.05) is 26.2 Å². The topological polar surface area (TPSA) is 101 Å². The molecule has 2 heterocycles. The van der Waals surface area contributed by atoms with Crippen molar-refractivity contribution < 1.29 is 24.9 Å². The van der Waals surface area contributed by atoms with Crippen LogP contribution in [-0.4, -0.2) is 75.5 Å². The number of amides is 2. The van der Waals surface area contributed by atoms with E-state index in [9.17, 15) is 19.8 Å². The number of piperidine rings is 1. The molecule has 7 heteroatoms. The molecule has 0 spiro atoms. The molecule has 2 amide bonds. The van der Waals surface area contributed by atoms with Crippen molar-refractivity contribution in [2.45, 2.75) is 37.9 Å². The first-order chi connectivity index (χ1) is 9.47. The van der Waals surface area contributed by atoms with E-state index < -0.39 is 18.2 Å². The number of aliphatic hydroxyl groups excluding tert-OH is 2. The highest BCUT2D eigenvalue weighted by atomic mass is 16.4. The van der Waals surface area contributed by atoms with Gasteiger partial charge in [0, 0.05) is 19.5 Å². The van der Waals surface area contributed by atoms with Gasteiger partial charge in [0.15, 0.2) is 0 Å². The summed E-state index contributed by atoms with van der Waals surface area (Å²) < 4.78 is 0. The average Bonchev–Trinajstić information content (AvgIpc) is 2.76. The van der Waals surface area contributed by atoms with E-state index in [1.807, 2.05) is 0 Å². The number of rotatable bonds is 3. The van der Waals surface area contributed by atoms with Gasteiger partial charge in [0.2, 0.25) is 0 Å². The van der Waals surface area contributed by atoms with Gasteiger partial charge in [-0.1, -0.05) is 0 Å². The third kappa shape index (κ3) is 3.61. The van der Waals surface area contributed by atoms with Crippen LogP contribution in [-0.2, 0) is 4.79 Å². The van der Waals surface area contributed by atoms with Crippen molar-refractivity contribution in [3.8, 4) is 0 Å². The zero-order chi connectivity index (χ0) is 14.7. The molecule has 2 aliphatic heterocycles. The van der Waals surface area contributed by atoms with Gasteiger partial charge in [0.05, 0.1) is 25.3 Å². The first-order valence-corrected chi connectivity index (χ1v) is 7.09. The highest BCUT2D eigenvalue weighted by molar-refractivity contribution is 5.75. The van der Waals surface area contributed by atoms with Gasteiger partial charge in [-0.3, -0.25) is 4.79 Å². The molecule has 114 valence electrons. The Morgan fingerprint density at radius 2 is 1.70 bits per heavy atom. The van der Waals surface area contributed by atoms with Crippen LogP contribution < -0.4 is 0 Å². The molecule has 0 bridgehead atoms. The molecule has 0 saturated carbocycles. The summed E-state index contributed by atoms with van der Waals surface area (Å²) in [7, 11) is 0. The Morgan fingerprint density at radius 3 is 2.30 bits per heavy atom. The lowest BCUT2D eigenvalue weighted by molar-refractivity contribution is -0.137. The van der Waals surface area contributed by atoms with Crippen LogP contribution in [0.5, 0.6) is 0 Å². The third-order valence-electron chi connectivity index (χ3n) is 4.09. The Balaban J connectivity index is 1.85. The maximum atomic E-state index is 12.3. The van der Waals surface area contributed by atoms with Gasteiger partial charge in [-0.2, -0.15) is 0 Å². The summed E-state index contributed by atoms with van der Waals surface area (Å²) in [5, 5.41) is 27.7. The largest absolute Gasteiger partial charge is 0.481 e. The molecular formula is C13H22N2O5. The number of carbonyl (C=O) groups excluding carboxylic acids is 1. The van der Waals surface area contributed by atoms with Gasteiger partial charge in [0.1, 0.15) is 0 Å². The number of carboxylic acid groups (broad SMARTS) is 1. The number of likely N-dealkylation sites (tertiary alicyclic amines) is 2. The summed E-state index contributed by atoms with van der Waals surface area (Å²) in [4.78, 5) is 26.1. The number of urea groups is 1. The SMILES string of the molecule is O=C(O)CCC1CCCN(C(=O)N2CC(O)C(O)C2)C1. The smallest absolute Gasteiger partial charge is 0.320 e. The van der Waals surface area contributed by atoms with Crippen molar-refractivity contribution >= 4 is 12.0 Å². The summed E-state index contributed by atoms with van der Waals surface area (Å²) in [6.07, 6.45) is 0.799. The number of β-amino-alcohol motifs (C(OH)–C–C–N with tert-alkyl or cyclic N) is 2. The minimum absolute atomic E-state index is 0.133. The van der Waals surface area contributed by atoms with E-state index in [2.05, 4.69) is 0 Å². The van der Waals surface area contributed by atoms with Gasteiger partial charge in [0.25, 0.3) is 0 Å². The fourth-order valence-electron chi connectivity index (χ4n) is 2.93. The molecular weight excluding hydrogens is 264 g/mol. The molecule has 2 saturated heterocycles. The lowest BCUT2D eigenvalue weighted by Crippen LogP contribution is -2.47. The summed E-state index contributed by atoms with van der Waals surface area (Å²) in [5.41, 5.74) is 0. The fourth-order valence-corrected chi connectivity index (χ4v) is 2.93. The molecule has 3 unspecified atom stereocenters. The van der Waals surface area contributed by atoms with Crippen molar-refractivity contribution in [3.63, 3.8) is 0 Å². The van der Waals surface area contributed by atoms with Crippen LogP contribution >= 0.6 is 0 Å². The predicted molar refractivity (Wildman–Crippen MR) is 70.1 cm³/mol. The molecule has 0 aromatic carbocycles. The van der Waals surface area contributed by atoms with Gasteiger partial charge in [-0.15, -0.1) is 0 Å². The number of hydrogen-bond donors (Lipinski definition) is 3. The van der Waals surface area contributed by atoms with E-state index in [1.165, 1.54) is 4.90 Å². The number of aliphatic carboxylic acids is 1. The second kappa shape index (κ2) is 6.41. The molecule has 2 fully saturated rings. The zero-order valence-corrected chi connectivity index (χ0v) is 11.4. The lowest BCUT2D eigenvalue weighted by Gasteiger charge is -2.35. The fraction of sp³-hybridized carbons (Fsp3) is 0.846. The Hall–Kier alpha value is -1.34. The number of nitrogens with zero attached hydrogens (tertiary/aromatic N) is 2. The Kier molecular flexibility index (Phi) is 4.82. The zero-order valence-electron chi connectivity index (χ0n) is 11.4. The second-order valence-electron chi connectivity index (χ2n) is 5.71. The number of carbonyl (C=O) groups is 2. The van der Waals surface area contributed by atoms with Gasteiger partial charge < -0.3 is 25.1 Å². The number of carboxylic acids is 1. The molecule has 0 radical (unpaired) electrons. The van der Waals surface area contributed by atoms with Crippen molar-refractivity contribution in [1.29, 1.82) is 0 Å². The second-order valence-corrected chi connectivity index (χ2v) is 5.71. The molecule has 0 aliphatic carbocycles. The van der Waals surface area contributed by atoms with Crippen LogP contribution in [0.1, 0.15) is 25.7 Å². The molecule has 0 aromatic heterocycles. The third-order valence-corrected chi connectivity index (χ3v) is 4.09. The van der Waals surface area contributed by atoms with E-state index in [0.717, 1.165) is 12.8 Å².